The summed E-state index contributed by atoms with van der Waals surface area (Å²) in [5.41, 5.74) is 0. The minimum atomic E-state index is -0.00463. The molecule has 0 aliphatic rings. The lowest BCUT2D eigenvalue weighted by Gasteiger charge is -2.22. The van der Waals surface area contributed by atoms with Crippen LogP contribution in [0.25, 0.3) is 0 Å². The van der Waals surface area contributed by atoms with Gasteiger partial charge in [-0.3, -0.25) is 0 Å². The Balaban J connectivity index is 3.66. The first-order valence-corrected chi connectivity index (χ1v) is 4.49. The third-order valence-electron chi connectivity index (χ3n) is 1.77. The van der Waals surface area contributed by atoms with Gasteiger partial charge in [-0.15, -0.1) is 0 Å². The summed E-state index contributed by atoms with van der Waals surface area (Å²) in [4.78, 5) is 0. The third-order valence-corrected chi connectivity index (χ3v) is 1.77. The Bertz CT molecular complexity index is 77.6. The topological polar surface area (TPSA) is 18.5 Å². The summed E-state index contributed by atoms with van der Waals surface area (Å²) in [5, 5.41) is 0. The van der Waals surface area contributed by atoms with E-state index in [1.807, 2.05) is 13.8 Å². The molecule has 0 aliphatic carbocycles. The van der Waals surface area contributed by atoms with E-state index in [4.69, 9.17) is 9.47 Å². The monoisotopic (exact) mass is 160 g/mol. The van der Waals surface area contributed by atoms with E-state index in [0.717, 1.165) is 19.6 Å². The largest absolute Gasteiger partial charge is 0.353 e. The van der Waals surface area contributed by atoms with Crippen LogP contribution in [0.15, 0.2) is 0 Å². The zero-order chi connectivity index (χ0) is 8.69. The van der Waals surface area contributed by atoms with Crippen molar-refractivity contribution < 1.29 is 9.47 Å². The fourth-order valence-corrected chi connectivity index (χ4v) is 0.898. The second-order valence-electron chi connectivity index (χ2n) is 2.66. The molecule has 0 saturated heterocycles. The fraction of sp³-hybridized carbons (Fsp3) is 1.00. The highest BCUT2D eigenvalue weighted by atomic mass is 16.7. The lowest BCUT2D eigenvalue weighted by molar-refractivity contribution is -0.163. The smallest absolute Gasteiger partial charge is 0.160 e. The maximum absolute atomic E-state index is 5.41. The lowest BCUT2D eigenvalue weighted by atomic mass is 10.1. The Hall–Kier alpha value is -0.0800. The Labute approximate surface area is 69.9 Å². The summed E-state index contributed by atoms with van der Waals surface area (Å²) in [6.07, 6.45) is 1.10. The van der Waals surface area contributed by atoms with Crippen LogP contribution in [0.3, 0.4) is 0 Å². The van der Waals surface area contributed by atoms with Gasteiger partial charge in [-0.25, -0.2) is 0 Å². The van der Waals surface area contributed by atoms with E-state index in [0.29, 0.717) is 5.92 Å². The Morgan fingerprint density at radius 3 is 1.73 bits per heavy atom. The van der Waals surface area contributed by atoms with Gasteiger partial charge in [0.15, 0.2) is 6.29 Å². The van der Waals surface area contributed by atoms with Crippen molar-refractivity contribution in [2.24, 2.45) is 5.92 Å². The first-order valence-electron chi connectivity index (χ1n) is 4.49. The molecule has 1 atom stereocenters. The predicted molar refractivity (Wildman–Crippen MR) is 46.5 cm³/mol. The van der Waals surface area contributed by atoms with Crippen molar-refractivity contribution in [2.75, 3.05) is 13.2 Å². The van der Waals surface area contributed by atoms with Gasteiger partial charge in [-0.05, 0) is 20.3 Å². The van der Waals surface area contributed by atoms with Crippen molar-refractivity contribution in [3.8, 4) is 0 Å². The quantitative estimate of drug-likeness (QED) is 0.556. The molecule has 0 radical (unpaired) electrons. The van der Waals surface area contributed by atoms with Crippen LogP contribution >= 0.6 is 0 Å². The second kappa shape index (κ2) is 6.62. The van der Waals surface area contributed by atoms with Gasteiger partial charge in [0.1, 0.15) is 0 Å². The van der Waals surface area contributed by atoms with Crippen LogP contribution in [0.4, 0.5) is 0 Å². The van der Waals surface area contributed by atoms with Gasteiger partial charge in [0.25, 0.3) is 0 Å². The van der Waals surface area contributed by atoms with Gasteiger partial charge in [0.2, 0.25) is 0 Å². The van der Waals surface area contributed by atoms with E-state index < -0.39 is 0 Å². The van der Waals surface area contributed by atoms with Crippen molar-refractivity contribution >= 4 is 0 Å². The first kappa shape index (κ1) is 10.9. The van der Waals surface area contributed by atoms with Gasteiger partial charge >= 0.3 is 0 Å². The normalized spacial score (nSPS) is 13.9. The Morgan fingerprint density at radius 1 is 1.00 bits per heavy atom. The van der Waals surface area contributed by atoms with Gasteiger partial charge in [-0.1, -0.05) is 13.8 Å². The molecule has 68 valence electrons. The molecule has 0 amide bonds. The molecule has 0 N–H and O–H groups in total. The van der Waals surface area contributed by atoms with Crippen LogP contribution in [-0.4, -0.2) is 19.5 Å². The zero-order valence-electron chi connectivity index (χ0n) is 8.09. The number of ether oxygens (including phenoxy) is 2. The van der Waals surface area contributed by atoms with Crippen LogP contribution < -0.4 is 0 Å². The molecule has 0 aromatic heterocycles. The predicted octanol–water partition coefficient (Wildman–Crippen LogP) is 2.43. The van der Waals surface area contributed by atoms with E-state index in [1.165, 1.54) is 0 Å². The summed E-state index contributed by atoms with van der Waals surface area (Å²) in [7, 11) is 0. The van der Waals surface area contributed by atoms with Crippen molar-refractivity contribution in [3.05, 3.63) is 0 Å². The molecule has 0 rings (SSSR count). The molecule has 0 heterocycles. The maximum Gasteiger partial charge on any atom is 0.160 e. The molecular formula is C9H20O2. The number of hydrogen-bond acceptors (Lipinski definition) is 2. The van der Waals surface area contributed by atoms with E-state index in [2.05, 4.69) is 13.8 Å². The van der Waals surface area contributed by atoms with Crippen molar-refractivity contribution in [1.29, 1.82) is 0 Å². The molecule has 0 aromatic rings. The number of hydrogen-bond donors (Lipinski definition) is 0. The summed E-state index contributed by atoms with van der Waals surface area (Å²) >= 11 is 0. The van der Waals surface area contributed by atoms with E-state index >= 15 is 0 Å². The van der Waals surface area contributed by atoms with Gasteiger partial charge < -0.3 is 9.47 Å². The Morgan fingerprint density at radius 2 is 1.45 bits per heavy atom. The van der Waals surface area contributed by atoms with Crippen LogP contribution in [-0.2, 0) is 9.47 Å². The molecule has 0 saturated carbocycles. The highest BCUT2D eigenvalue weighted by Gasteiger charge is 2.14. The van der Waals surface area contributed by atoms with E-state index in [-0.39, 0.29) is 6.29 Å². The lowest BCUT2D eigenvalue weighted by Crippen LogP contribution is -2.24. The van der Waals surface area contributed by atoms with E-state index in [9.17, 15) is 0 Å². The van der Waals surface area contributed by atoms with Crippen molar-refractivity contribution in [3.63, 3.8) is 0 Å². The molecular weight excluding hydrogens is 140 g/mol. The van der Waals surface area contributed by atoms with Crippen LogP contribution in [0.5, 0.6) is 0 Å². The molecule has 2 heteroatoms. The molecule has 0 fully saturated rings. The molecule has 0 spiro atoms. The van der Waals surface area contributed by atoms with Gasteiger partial charge in [-0.2, -0.15) is 0 Å². The molecule has 0 unspecified atom stereocenters. The Kier molecular flexibility index (Phi) is 6.57. The van der Waals surface area contributed by atoms with Crippen LogP contribution in [0, 0.1) is 5.92 Å². The van der Waals surface area contributed by atoms with Crippen molar-refractivity contribution in [2.45, 2.75) is 40.4 Å². The highest BCUT2D eigenvalue weighted by molar-refractivity contribution is 4.54. The second-order valence-corrected chi connectivity index (χ2v) is 2.66. The average molecular weight is 160 g/mol. The SMILES string of the molecule is CCOC(OCC)[C@@H](C)CC. The van der Waals surface area contributed by atoms with Crippen molar-refractivity contribution in [1.82, 2.24) is 0 Å². The fourth-order valence-electron chi connectivity index (χ4n) is 0.898. The molecule has 0 aromatic carbocycles. The summed E-state index contributed by atoms with van der Waals surface area (Å²) < 4.78 is 10.8. The molecule has 0 aliphatic heterocycles. The molecule has 0 bridgehead atoms. The first-order chi connectivity index (χ1) is 5.26. The maximum atomic E-state index is 5.41. The van der Waals surface area contributed by atoms with Crippen LogP contribution in [0.1, 0.15) is 34.1 Å². The van der Waals surface area contributed by atoms with E-state index in [1.54, 1.807) is 0 Å². The average Bonchev–Trinajstić information content (AvgIpc) is 2.03. The summed E-state index contributed by atoms with van der Waals surface area (Å²) in [5.74, 6) is 0.495. The minimum Gasteiger partial charge on any atom is -0.353 e. The van der Waals surface area contributed by atoms with Gasteiger partial charge in [0, 0.05) is 19.1 Å². The van der Waals surface area contributed by atoms with Gasteiger partial charge in [0.05, 0.1) is 0 Å². The molecule has 2 nitrogen and oxygen atoms in total. The molecule has 11 heavy (non-hydrogen) atoms. The highest BCUT2D eigenvalue weighted by Crippen LogP contribution is 2.12. The standard InChI is InChI=1S/C9H20O2/c1-5-8(4)9(10-6-2)11-7-3/h8-9H,5-7H2,1-4H3/t8-/m0/s1. The summed E-state index contributed by atoms with van der Waals surface area (Å²) in [6.45, 7) is 9.75. The summed E-state index contributed by atoms with van der Waals surface area (Å²) in [6, 6.07) is 0. The zero-order valence-corrected chi connectivity index (χ0v) is 8.09. The van der Waals surface area contributed by atoms with Crippen LogP contribution in [0.2, 0.25) is 0 Å². The number of rotatable bonds is 6. The minimum absolute atomic E-state index is 0.00463. The third kappa shape index (κ3) is 4.38.